The van der Waals surface area contributed by atoms with Crippen molar-refractivity contribution in [1.29, 1.82) is 0 Å². The van der Waals surface area contributed by atoms with Crippen molar-refractivity contribution in [2.45, 2.75) is 37.5 Å². The van der Waals surface area contributed by atoms with Crippen LogP contribution in [0.4, 0.5) is 4.79 Å². The molecule has 0 aliphatic carbocycles. The Morgan fingerprint density at radius 3 is 2.86 bits per heavy atom. The van der Waals surface area contributed by atoms with Gasteiger partial charge in [-0.3, -0.25) is 14.7 Å². The third-order valence-corrected chi connectivity index (χ3v) is 7.07. The summed E-state index contributed by atoms with van der Waals surface area (Å²) in [4.78, 5) is 37.5. The number of fused-ring (bicyclic) bond motifs is 1. The van der Waals surface area contributed by atoms with Crippen molar-refractivity contribution >= 4 is 55.1 Å². The lowest BCUT2D eigenvalue weighted by Crippen LogP contribution is -2.47. The number of hydrogen-bond acceptors (Lipinski definition) is 6. The molecule has 10 heteroatoms. The number of pyridine rings is 1. The number of para-hydroxylation sites is 1. The number of nitrogens with zero attached hydrogens (tertiary/aromatic N) is 3. The standard InChI is InChI=1S/C26H24BrClN4O4/c27-24-11-21(36-31-24)13-30-25(33)23-10-19(17-5-3-6-20(28)9-17)14-32(23)26(34)35-15-16-8-18-4-1-2-7-22(18)29-12-16/h1-9,12,19,21,23H,10-11,13-15H2,(H,30,33)/t19-,21?,23+/m1/s1. The topological polar surface area (TPSA) is 93.1 Å². The van der Waals surface area contributed by atoms with E-state index in [9.17, 15) is 9.59 Å². The predicted octanol–water partition coefficient (Wildman–Crippen LogP) is 5.00. The van der Waals surface area contributed by atoms with Crippen LogP contribution in [0.1, 0.15) is 29.9 Å². The maximum atomic E-state index is 13.2. The molecule has 2 aliphatic rings. The number of oxime groups is 1. The zero-order valence-corrected chi connectivity index (χ0v) is 21.6. The molecule has 0 spiro atoms. The number of nitrogens with one attached hydrogen (secondary N) is 1. The number of carbonyl (C=O) groups excluding carboxylic acids is 2. The van der Waals surface area contributed by atoms with Crippen LogP contribution >= 0.6 is 27.5 Å². The van der Waals surface area contributed by atoms with Gasteiger partial charge >= 0.3 is 6.09 Å². The Kier molecular flexibility index (Phi) is 7.38. The molecule has 36 heavy (non-hydrogen) atoms. The van der Waals surface area contributed by atoms with E-state index >= 15 is 0 Å². The maximum absolute atomic E-state index is 13.2. The summed E-state index contributed by atoms with van der Waals surface area (Å²) in [5, 5.41) is 8.33. The van der Waals surface area contributed by atoms with Gasteiger partial charge in [-0.05, 0) is 52.2 Å². The van der Waals surface area contributed by atoms with Gasteiger partial charge < -0.3 is 14.9 Å². The summed E-state index contributed by atoms with van der Waals surface area (Å²) >= 11 is 9.49. The second-order valence-corrected chi connectivity index (χ2v) is 10.2. The minimum Gasteiger partial charge on any atom is -0.444 e. The summed E-state index contributed by atoms with van der Waals surface area (Å²) in [7, 11) is 0. The number of halogens is 2. The molecule has 2 amide bonds. The van der Waals surface area contributed by atoms with E-state index in [1.54, 1.807) is 12.3 Å². The lowest BCUT2D eigenvalue weighted by atomic mass is 9.96. The van der Waals surface area contributed by atoms with E-state index in [2.05, 4.69) is 31.4 Å². The molecule has 0 radical (unpaired) electrons. The monoisotopic (exact) mass is 570 g/mol. The van der Waals surface area contributed by atoms with Crippen LogP contribution < -0.4 is 5.32 Å². The molecule has 1 N–H and O–H groups in total. The van der Waals surface area contributed by atoms with E-state index in [1.165, 1.54) is 4.90 Å². The van der Waals surface area contributed by atoms with Gasteiger partial charge in [-0.15, -0.1) is 0 Å². The Morgan fingerprint density at radius 1 is 1.19 bits per heavy atom. The predicted molar refractivity (Wildman–Crippen MR) is 140 cm³/mol. The minimum atomic E-state index is -0.679. The van der Waals surface area contributed by atoms with E-state index in [1.807, 2.05) is 48.5 Å². The number of aromatic nitrogens is 1. The van der Waals surface area contributed by atoms with Gasteiger partial charge in [0.05, 0.1) is 12.1 Å². The van der Waals surface area contributed by atoms with E-state index in [0.717, 1.165) is 22.0 Å². The highest BCUT2D eigenvalue weighted by atomic mass is 79.9. The highest BCUT2D eigenvalue weighted by Crippen LogP contribution is 2.33. The van der Waals surface area contributed by atoms with Crippen molar-refractivity contribution in [3.63, 3.8) is 0 Å². The van der Waals surface area contributed by atoms with Gasteiger partial charge in [0.2, 0.25) is 5.91 Å². The second kappa shape index (κ2) is 10.8. The van der Waals surface area contributed by atoms with Gasteiger partial charge in [0.25, 0.3) is 0 Å². The first-order valence-corrected chi connectivity index (χ1v) is 12.8. The zero-order valence-electron chi connectivity index (χ0n) is 19.3. The van der Waals surface area contributed by atoms with Crippen molar-refractivity contribution in [2.75, 3.05) is 13.1 Å². The van der Waals surface area contributed by atoms with Crippen LogP contribution in [-0.4, -0.2) is 51.7 Å². The number of benzene rings is 2. The van der Waals surface area contributed by atoms with E-state index < -0.39 is 12.1 Å². The Labute approximate surface area is 221 Å². The van der Waals surface area contributed by atoms with Crippen molar-refractivity contribution < 1.29 is 19.2 Å². The summed E-state index contributed by atoms with van der Waals surface area (Å²) in [6.45, 7) is 0.702. The summed E-state index contributed by atoms with van der Waals surface area (Å²) in [5.41, 5.74) is 2.63. The summed E-state index contributed by atoms with van der Waals surface area (Å²) in [6.07, 6.45) is 1.96. The normalized spacial score (nSPS) is 21.2. The van der Waals surface area contributed by atoms with Crippen LogP contribution in [0.25, 0.3) is 10.9 Å². The Morgan fingerprint density at radius 2 is 2.06 bits per heavy atom. The molecule has 0 bridgehead atoms. The van der Waals surface area contributed by atoms with E-state index in [4.69, 9.17) is 21.2 Å². The quantitative estimate of drug-likeness (QED) is 0.450. The smallest absolute Gasteiger partial charge is 0.410 e. The lowest BCUT2D eigenvalue weighted by molar-refractivity contribution is -0.125. The average Bonchev–Trinajstić information content (AvgIpc) is 3.52. The molecule has 1 unspecified atom stereocenters. The average molecular weight is 572 g/mol. The van der Waals surface area contributed by atoms with Crippen LogP contribution in [0.5, 0.6) is 0 Å². The molecule has 3 aromatic rings. The first kappa shape index (κ1) is 24.5. The molecular formula is C26H24BrClN4O4. The highest BCUT2D eigenvalue weighted by molar-refractivity contribution is 9.18. The molecule has 1 aromatic heterocycles. The Bertz CT molecular complexity index is 1320. The maximum Gasteiger partial charge on any atom is 0.410 e. The summed E-state index contributed by atoms with van der Waals surface area (Å²) < 4.78 is 6.34. The number of amides is 2. The fraction of sp³-hybridized carbons (Fsp3) is 0.308. The van der Waals surface area contributed by atoms with Gasteiger partial charge in [-0.1, -0.05) is 47.1 Å². The number of hydrogen-bond donors (Lipinski definition) is 1. The molecule has 5 rings (SSSR count). The number of rotatable bonds is 6. The summed E-state index contributed by atoms with van der Waals surface area (Å²) in [5.74, 6) is -0.301. The second-order valence-electron chi connectivity index (χ2n) is 8.89. The van der Waals surface area contributed by atoms with Gasteiger partial charge in [-0.25, -0.2) is 4.79 Å². The third-order valence-electron chi connectivity index (χ3n) is 6.37. The Balaban J connectivity index is 1.27. The molecule has 0 saturated carbocycles. The Hall–Kier alpha value is -3.17. The van der Waals surface area contributed by atoms with Gasteiger partial charge in [0, 0.05) is 41.1 Å². The third kappa shape index (κ3) is 5.63. The molecule has 3 heterocycles. The zero-order chi connectivity index (χ0) is 25.1. The SMILES string of the molecule is O=C(NCC1CC(Br)=NO1)[C@@H]1C[C@@H](c2cccc(Cl)c2)CN1C(=O)OCc1cnc2ccccc2c1. The van der Waals surface area contributed by atoms with Crippen molar-refractivity contribution in [3.8, 4) is 0 Å². The molecule has 2 aromatic carbocycles. The molecule has 3 atom stereocenters. The number of ether oxygens (including phenoxy) is 1. The molecular weight excluding hydrogens is 548 g/mol. The van der Waals surface area contributed by atoms with E-state index in [0.29, 0.717) is 35.6 Å². The summed E-state index contributed by atoms with van der Waals surface area (Å²) in [6, 6.07) is 16.5. The van der Waals surface area contributed by atoms with Gasteiger partial charge in [0.1, 0.15) is 17.3 Å². The largest absolute Gasteiger partial charge is 0.444 e. The highest BCUT2D eigenvalue weighted by Gasteiger charge is 2.41. The van der Waals surface area contributed by atoms with Gasteiger partial charge in [0.15, 0.2) is 6.10 Å². The first-order chi connectivity index (χ1) is 17.5. The minimum absolute atomic E-state index is 0.0467. The number of likely N-dealkylation sites (tertiary alicyclic amines) is 1. The molecule has 1 fully saturated rings. The van der Waals surface area contributed by atoms with Crippen LogP contribution in [0.15, 0.2) is 65.9 Å². The fourth-order valence-electron chi connectivity index (χ4n) is 4.55. The molecule has 1 saturated heterocycles. The van der Waals surface area contributed by atoms with Crippen LogP contribution in [0, 0.1) is 0 Å². The molecule has 2 aliphatic heterocycles. The van der Waals surface area contributed by atoms with Crippen LogP contribution in [0.2, 0.25) is 5.02 Å². The molecule has 8 nitrogen and oxygen atoms in total. The van der Waals surface area contributed by atoms with Crippen LogP contribution in [-0.2, 0) is 21.0 Å². The van der Waals surface area contributed by atoms with Crippen molar-refractivity contribution in [3.05, 3.63) is 76.9 Å². The van der Waals surface area contributed by atoms with Crippen molar-refractivity contribution in [2.24, 2.45) is 5.16 Å². The fourth-order valence-corrected chi connectivity index (χ4v) is 5.19. The van der Waals surface area contributed by atoms with E-state index in [-0.39, 0.29) is 24.5 Å². The van der Waals surface area contributed by atoms with Crippen molar-refractivity contribution in [1.82, 2.24) is 15.2 Å². The van der Waals surface area contributed by atoms with Gasteiger partial charge in [-0.2, -0.15) is 0 Å². The van der Waals surface area contributed by atoms with Crippen LogP contribution in [0.3, 0.4) is 0 Å². The lowest BCUT2D eigenvalue weighted by Gasteiger charge is -2.23. The molecule has 186 valence electrons. The number of carbonyl (C=O) groups is 2. The first-order valence-electron chi connectivity index (χ1n) is 11.6.